The Bertz CT molecular complexity index is 722. The van der Waals surface area contributed by atoms with Crippen molar-refractivity contribution in [3.8, 4) is 11.5 Å². The van der Waals surface area contributed by atoms with E-state index in [-0.39, 0.29) is 11.7 Å². The van der Waals surface area contributed by atoms with E-state index in [9.17, 15) is 9.59 Å². The van der Waals surface area contributed by atoms with Crippen LogP contribution in [-0.4, -0.2) is 29.2 Å². The van der Waals surface area contributed by atoms with Gasteiger partial charge in [0.2, 0.25) is 0 Å². The summed E-state index contributed by atoms with van der Waals surface area (Å²) < 4.78 is 10.7. The van der Waals surface area contributed by atoms with Gasteiger partial charge in [-0.25, -0.2) is 4.79 Å². The summed E-state index contributed by atoms with van der Waals surface area (Å²) >= 11 is 0. The number of carboxylic acids is 1. The Morgan fingerprint density at radius 2 is 1.52 bits per heavy atom. The highest BCUT2D eigenvalue weighted by molar-refractivity contribution is 5.87. The van der Waals surface area contributed by atoms with Crippen molar-refractivity contribution in [2.24, 2.45) is 5.73 Å². The van der Waals surface area contributed by atoms with Gasteiger partial charge in [0.05, 0.1) is 11.7 Å². The van der Waals surface area contributed by atoms with Gasteiger partial charge in [0.15, 0.2) is 0 Å². The largest absolute Gasteiger partial charge is 0.478 e. The zero-order chi connectivity index (χ0) is 18.4. The number of carbonyl (C=O) groups excluding carboxylic acids is 1. The van der Waals surface area contributed by atoms with Crippen LogP contribution in [0, 0.1) is 0 Å². The van der Waals surface area contributed by atoms with Crippen LogP contribution < -0.4 is 10.5 Å². The summed E-state index contributed by atoms with van der Waals surface area (Å²) in [5.41, 5.74) is 6.93. The summed E-state index contributed by atoms with van der Waals surface area (Å²) in [6, 6.07) is 12.6. The third-order valence-corrected chi connectivity index (χ3v) is 3.37. The van der Waals surface area contributed by atoms with Gasteiger partial charge in [-0.2, -0.15) is 0 Å². The number of carboxylic acid groups (broad SMARTS) is 1. The van der Waals surface area contributed by atoms with Gasteiger partial charge < -0.3 is 20.3 Å². The molecule has 0 heterocycles. The third kappa shape index (κ3) is 5.61. The van der Waals surface area contributed by atoms with Gasteiger partial charge in [0, 0.05) is 0 Å². The van der Waals surface area contributed by atoms with Crippen LogP contribution in [0.2, 0.25) is 0 Å². The molecule has 0 aromatic heterocycles. The first kappa shape index (κ1) is 18.5. The SMILES string of the molecule is CC(C)OC(=O)C(N)Cc1ccc(Oc2ccc(C(=O)O)cc2)cc1. The number of aromatic carboxylic acids is 1. The predicted molar refractivity (Wildman–Crippen MR) is 92.8 cm³/mol. The molecule has 0 saturated carbocycles. The molecule has 0 amide bonds. The molecule has 3 N–H and O–H groups in total. The van der Waals surface area contributed by atoms with E-state index >= 15 is 0 Å². The van der Waals surface area contributed by atoms with Crippen LogP contribution in [-0.2, 0) is 16.0 Å². The molecule has 1 atom stereocenters. The Morgan fingerprint density at radius 1 is 1.00 bits per heavy atom. The fourth-order valence-electron chi connectivity index (χ4n) is 2.15. The topological polar surface area (TPSA) is 98.9 Å². The summed E-state index contributed by atoms with van der Waals surface area (Å²) in [6.45, 7) is 3.56. The first-order chi connectivity index (χ1) is 11.8. The highest BCUT2D eigenvalue weighted by atomic mass is 16.5. The van der Waals surface area contributed by atoms with E-state index in [0.29, 0.717) is 17.9 Å². The number of ether oxygens (including phenoxy) is 2. The maximum atomic E-state index is 11.7. The standard InChI is InChI=1S/C19H21NO5/c1-12(2)24-19(23)17(20)11-13-3-7-15(8-4-13)25-16-9-5-14(6-10-16)18(21)22/h3-10,12,17H,11,20H2,1-2H3,(H,21,22). The lowest BCUT2D eigenvalue weighted by Gasteiger charge is -2.14. The lowest BCUT2D eigenvalue weighted by Crippen LogP contribution is -2.35. The van der Waals surface area contributed by atoms with Crippen molar-refractivity contribution in [3.05, 3.63) is 59.7 Å². The first-order valence-electron chi connectivity index (χ1n) is 7.91. The number of nitrogens with two attached hydrogens (primary N) is 1. The number of esters is 1. The van der Waals surface area contributed by atoms with E-state index in [1.54, 1.807) is 38.1 Å². The van der Waals surface area contributed by atoms with E-state index in [1.165, 1.54) is 12.1 Å². The molecule has 0 fully saturated rings. The smallest absolute Gasteiger partial charge is 0.335 e. The van der Waals surface area contributed by atoms with Crippen molar-refractivity contribution in [3.63, 3.8) is 0 Å². The normalized spacial score (nSPS) is 11.8. The second kappa shape index (κ2) is 8.30. The van der Waals surface area contributed by atoms with Crippen LogP contribution in [0.5, 0.6) is 11.5 Å². The van der Waals surface area contributed by atoms with Crippen molar-refractivity contribution < 1.29 is 24.2 Å². The number of benzene rings is 2. The Kier molecular flexibility index (Phi) is 6.14. The van der Waals surface area contributed by atoms with E-state index < -0.39 is 18.0 Å². The van der Waals surface area contributed by atoms with Gasteiger partial charge in [-0.3, -0.25) is 4.79 Å². The molecule has 0 aliphatic rings. The Morgan fingerprint density at radius 3 is 2.00 bits per heavy atom. The van der Waals surface area contributed by atoms with E-state index in [4.69, 9.17) is 20.3 Å². The van der Waals surface area contributed by atoms with Crippen molar-refractivity contribution in [2.45, 2.75) is 32.4 Å². The minimum Gasteiger partial charge on any atom is -0.478 e. The van der Waals surface area contributed by atoms with Gasteiger partial charge >= 0.3 is 11.9 Å². The van der Waals surface area contributed by atoms with E-state index in [2.05, 4.69) is 0 Å². The average molecular weight is 343 g/mol. The Balaban J connectivity index is 1.95. The monoisotopic (exact) mass is 343 g/mol. The second-order valence-electron chi connectivity index (χ2n) is 5.87. The van der Waals surface area contributed by atoms with E-state index in [1.807, 2.05) is 12.1 Å². The molecule has 0 aliphatic carbocycles. The Labute approximate surface area is 146 Å². The molecule has 0 spiro atoms. The van der Waals surface area contributed by atoms with Crippen molar-refractivity contribution >= 4 is 11.9 Å². The quantitative estimate of drug-likeness (QED) is 0.750. The van der Waals surface area contributed by atoms with Crippen LogP contribution >= 0.6 is 0 Å². The molecule has 0 aliphatic heterocycles. The van der Waals surface area contributed by atoms with Crippen LogP contribution in [0.15, 0.2) is 48.5 Å². The molecular weight excluding hydrogens is 322 g/mol. The molecule has 1 unspecified atom stereocenters. The van der Waals surface area contributed by atoms with Gasteiger partial charge in [0.1, 0.15) is 17.5 Å². The van der Waals surface area contributed by atoms with Crippen LogP contribution in [0.3, 0.4) is 0 Å². The van der Waals surface area contributed by atoms with Gasteiger partial charge in [-0.05, 0) is 62.2 Å². The second-order valence-corrected chi connectivity index (χ2v) is 5.87. The van der Waals surface area contributed by atoms with Crippen molar-refractivity contribution in [1.82, 2.24) is 0 Å². The first-order valence-corrected chi connectivity index (χ1v) is 7.91. The minimum atomic E-state index is -0.983. The molecule has 25 heavy (non-hydrogen) atoms. The summed E-state index contributed by atoms with van der Waals surface area (Å²) in [6.07, 6.45) is 0.181. The number of hydrogen-bond donors (Lipinski definition) is 2. The summed E-state index contributed by atoms with van der Waals surface area (Å²) in [4.78, 5) is 22.5. The van der Waals surface area contributed by atoms with Gasteiger partial charge in [-0.1, -0.05) is 12.1 Å². The summed E-state index contributed by atoms with van der Waals surface area (Å²) in [5, 5.41) is 8.87. The lowest BCUT2D eigenvalue weighted by atomic mass is 10.1. The maximum absolute atomic E-state index is 11.7. The van der Waals surface area contributed by atoms with Crippen molar-refractivity contribution in [1.29, 1.82) is 0 Å². The molecule has 0 radical (unpaired) electrons. The van der Waals surface area contributed by atoms with Gasteiger partial charge in [-0.15, -0.1) is 0 Å². The molecule has 0 saturated heterocycles. The summed E-state index contributed by atoms with van der Waals surface area (Å²) in [5.74, 6) is -0.266. The number of carbonyl (C=O) groups is 2. The minimum absolute atomic E-state index is 0.193. The zero-order valence-electron chi connectivity index (χ0n) is 14.1. The van der Waals surface area contributed by atoms with Crippen LogP contribution in [0.25, 0.3) is 0 Å². The lowest BCUT2D eigenvalue weighted by molar-refractivity contribution is -0.148. The average Bonchev–Trinajstić information content (AvgIpc) is 2.56. The fraction of sp³-hybridized carbons (Fsp3) is 0.263. The molecule has 2 aromatic rings. The number of rotatable bonds is 7. The van der Waals surface area contributed by atoms with Crippen molar-refractivity contribution in [2.75, 3.05) is 0 Å². The van der Waals surface area contributed by atoms with Gasteiger partial charge in [0.25, 0.3) is 0 Å². The molecule has 6 heteroatoms. The molecule has 2 rings (SSSR count). The highest BCUT2D eigenvalue weighted by Gasteiger charge is 2.16. The predicted octanol–water partition coefficient (Wildman–Crippen LogP) is 3.00. The third-order valence-electron chi connectivity index (χ3n) is 3.37. The molecular formula is C19H21NO5. The molecule has 132 valence electrons. The molecule has 0 bridgehead atoms. The Hall–Kier alpha value is -2.86. The fourth-order valence-corrected chi connectivity index (χ4v) is 2.15. The highest BCUT2D eigenvalue weighted by Crippen LogP contribution is 2.22. The van der Waals surface area contributed by atoms with Crippen LogP contribution in [0.1, 0.15) is 29.8 Å². The molecule has 2 aromatic carbocycles. The van der Waals surface area contributed by atoms with Crippen LogP contribution in [0.4, 0.5) is 0 Å². The van der Waals surface area contributed by atoms with E-state index in [0.717, 1.165) is 5.56 Å². The zero-order valence-corrected chi connectivity index (χ0v) is 14.1. The summed E-state index contributed by atoms with van der Waals surface area (Å²) in [7, 11) is 0. The molecule has 6 nitrogen and oxygen atoms in total. The number of hydrogen-bond acceptors (Lipinski definition) is 5. The maximum Gasteiger partial charge on any atom is 0.335 e.